The second-order valence-electron chi connectivity index (χ2n) is 8.71. The third-order valence-corrected chi connectivity index (χ3v) is 6.60. The van der Waals surface area contributed by atoms with E-state index in [4.69, 9.17) is 9.47 Å². The molecule has 186 valence electrons. The summed E-state index contributed by atoms with van der Waals surface area (Å²) in [5.74, 6) is 0.406. The molecule has 35 heavy (non-hydrogen) atoms. The minimum absolute atomic E-state index is 0.0186. The Balaban J connectivity index is 1.72. The van der Waals surface area contributed by atoms with Crippen LogP contribution in [0.3, 0.4) is 0 Å². The van der Waals surface area contributed by atoms with E-state index < -0.39 is 6.04 Å². The van der Waals surface area contributed by atoms with E-state index in [1.165, 1.54) is 12.1 Å². The van der Waals surface area contributed by atoms with Gasteiger partial charge in [0.2, 0.25) is 0 Å². The summed E-state index contributed by atoms with van der Waals surface area (Å²) in [6.45, 7) is 5.33. The highest BCUT2D eigenvalue weighted by Crippen LogP contribution is 2.35. The molecule has 1 aliphatic heterocycles. The van der Waals surface area contributed by atoms with E-state index in [9.17, 15) is 14.3 Å². The summed E-state index contributed by atoms with van der Waals surface area (Å²) >= 11 is 0. The molecule has 1 aromatic heterocycles. The van der Waals surface area contributed by atoms with Gasteiger partial charge in [0.05, 0.1) is 25.3 Å². The van der Waals surface area contributed by atoms with Gasteiger partial charge in [0.15, 0.2) is 0 Å². The van der Waals surface area contributed by atoms with Crippen molar-refractivity contribution in [2.75, 3.05) is 51.9 Å². The van der Waals surface area contributed by atoms with Gasteiger partial charge in [-0.1, -0.05) is 12.1 Å². The number of halogens is 1. The highest BCUT2D eigenvalue weighted by molar-refractivity contribution is 5.47. The van der Waals surface area contributed by atoms with Crippen molar-refractivity contribution >= 4 is 5.69 Å². The smallest absolute Gasteiger partial charge is 0.259 e. The number of benzene rings is 2. The predicted molar refractivity (Wildman–Crippen MR) is 134 cm³/mol. The second kappa shape index (κ2) is 10.9. The van der Waals surface area contributed by atoms with Crippen LogP contribution in [0.2, 0.25) is 0 Å². The van der Waals surface area contributed by atoms with Gasteiger partial charge in [0, 0.05) is 51.2 Å². The molecule has 2 aromatic carbocycles. The van der Waals surface area contributed by atoms with Crippen LogP contribution in [0.5, 0.6) is 11.5 Å². The molecule has 0 saturated carbocycles. The number of ether oxygens (including phenoxy) is 2. The number of aromatic hydroxyl groups is 1. The van der Waals surface area contributed by atoms with Crippen LogP contribution in [0.25, 0.3) is 0 Å². The fourth-order valence-electron chi connectivity index (χ4n) is 4.75. The maximum Gasteiger partial charge on any atom is 0.259 e. The van der Waals surface area contributed by atoms with Gasteiger partial charge in [-0.15, -0.1) is 0 Å². The molecule has 4 rings (SSSR count). The molecule has 7 nitrogen and oxygen atoms in total. The molecular weight excluding hydrogens is 449 g/mol. The van der Waals surface area contributed by atoms with Crippen LogP contribution in [0.15, 0.2) is 59.4 Å². The van der Waals surface area contributed by atoms with Crippen molar-refractivity contribution < 1.29 is 19.0 Å². The highest BCUT2D eigenvalue weighted by Gasteiger charge is 2.31. The van der Waals surface area contributed by atoms with E-state index in [1.807, 2.05) is 31.2 Å². The Bertz CT molecular complexity index is 1200. The Kier molecular flexibility index (Phi) is 7.73. The topological polar surface area (TPSA) is 67.2 Å². The monoisotopic (exact) mass is 481 g/mol. The number of methoxy groups -OCH3 is 2. The Morgan fingerprint density at radius 1 is 1.03 bits per heavy atom. The first-order chi connectivity index (χ1) is 16.9. The molecule has 1 aliphatic rings. The molecule has 2 heterocycles. The molecule has 0 bridgehead atoms. The Hall–Kier alpha value is -3.36. The van der Waals surface area contributed by atoms with E-state index in [1.54, 1.807) is 37.0 Å². The minimum Gasteiger partial charge on any atom is -0.507 e. The number of aryl methyl sites for hydroxylation is 1. The zero-order valence-electron chi connectivity index (χ0n) is 20.4. The first-order valence-electron chi connectivity index (χ1n) is 11.7. The van der Waals surface area contributed by atoms with Gasteiger partial charge in [-0.3, -0.25) is 9.69 Å². The highest BCUT2D eigenvalue weighted by atomic mass is 19.1. The first kappa shape index (κ1) is 24.8. The largest absolute Gasteiger partial charge is 0.507 e. The van der Waals surface area contributed by atoms with Crippen molar-refractivity contribution in [3.8, 4) is 11.5 Å². The quantitative estimate of drug-likeness (QED) is 0.531. The van der Waals surface area contributed by atoms with Crippen LogP contribution >= 0.6 is 0 Å². The molecule has 1 atom stereocenters. The number of anilines is 1. The summed E-state index contributed by atoms with van der Waals surface area (Å²) in [6.07, 6.45) is 0. The molecule has 8 heteroatoms. The van der Waals surface area contributed by atoms with Gasteiger partial charge in [0.25, 0.3) is 5.56 Å². The third-order valence-electron chi connectivity index (χ3n) is 6.60. The maximum atomic E-state index is 13.7. The lowest BCUT2D eigenvalue weighted by molar-refractivity contribution is 0.183. The van der Waals surface area contributed by atoms with Crippen LogP contribution in [0, 0.1) is 12.7 Å². The average molecular weight is 482 g/mol. The molecule has 1 saturated heterocycles. The molecule has 1 N–H and O–H groups in total. The van der Waals surface area contributed by atoms with Crippen LogP contribution < -0.4 is 15.2 Å². The summed E-state index contributed by atoms with van der Waals surface area (Å²) in [4.78, 5) is 18.1. The number of hydrogen-bond donors (Lipinski definition) is 1. The molecule has 1 fully saturated rings. The molecule has 0 spiro atoms. The summed E-state index contributed by atoms with van der Waals surface area (Å²) in [6, 6.07) is 15.3. The van der Waals surface area contributed by atoms with E-state index in [2.05, 4.69) is 9.80 Å². The second-order valence-corrected chi connectivity index (χ2v) is 8.71. The van der Waals surface area contributed by atoms with Crippen molar-refractivity contribution in [1.82, 2.24) is 9.47 Å². The van der Waals surface area contributed by atoms with Crippen molar-refractivity contribution in [2.24, 2.45) is 0 Å². The molecular formula is C27H32FN3O4. The molecule has 0 unspecified atom stereocenters. The van der Waals surface area contributed by atoms with Crippen LogP contribution in [-0.4, -0.2) is 61.6 Å². The van der Waals surface area contributed by atoms with E-state index in [0.717, 1.165) is 11.3 Å². The third kappa shape index (κ3) is 5.33. The van der Waals surface area contributed by atoms with Gasteiger partial charge in [0.1, 0.15) is 17.3 Å². The van der Waals surface area contributed by atoms with Gasteiger partial charge >= 0.3 is 0 Å². The fourth-order valence-corrected chi connectivity index (χ4v) is 4.75. The standard InChI is InChI=1S/C27H32FN3O4/c1-19-17-24(32)25(27(33)31(19)15-16-34-2)26(20-5-4-6-23(18-20)35-3)30-13-11-29(12-14-30)22-9-7-21(28)8-10-22/h4-10,17-18,26,32H,11-16H2,1-3H3/t26-/m0/s1. The number of pyridine rings is 1. The molecule has 3 aromatic rings. The summed E-state index contributed by atoms with van der Waals surface area (Å²) in [5.41, 5.74) is 2.63. The Morgan fingerprint density at radius 2 is 1.74 bits per heavy atom. The Labute approximate surface area is 204 Å². The van der Waals surface area contributed by atoms with E-state index in [-0.39, 0.29) is 17.1 Å². The summed E-state index contributed by atoms with van der Waals surface area (Å²) in [7, 11) is 3.21. The zero-order valence-corrected chi connectivity index (χ0v) is 20.4. The molecule has 0 amide bonds. The zero-order chi connectivity index (χ0) is 24.9. The van der Waals surface area contributed by atoms with E-state index in [0.29, 0.717) is 56.3 Å². The van der Waals surface area contributed by atoms with Crippen LogP contribution in [-0.2, 0) is 11.3 Å². The van der Waals surface area contributed by atoms with Crippen molar-refractivity contribution in [3.05, 3.63) is 87.6 Å². The predicted octanol–water partition coefficient (Wildman–Crippen LogP) is 3.57. The summed E-state index contributed by atoms with van der Waals surface area (Å²) in [5, 5.41) is 11.0. The van der Waals surface area contributed by atoms with Crippen LogP contribution in [0.4, 0.5) is 10.1 Å². The lowest BCUT2D eigenvalue weighted by atomic mass is 9.95. The lowest BCUT2D eigenvalue weighted by Gasteiger charge is -2.40. The number of piperazine rings is 1. The summed E-state index contributed by atoms with van der Waals surface area (Å²) < 4.78 is 25.7. The first-order valence-corrected chi connectivity index (χ1v) is 11.7. The maximum absolute atomic E-state index is 13.7. The van der Waals surface area contributed by atoms with E-state index >= 15 is 0 Å². The SMILES string of the molecule is COCCn1c(C)cc(O)c([C@H](c2cccc(OC)c2)N2CCN(c3ccc(F)cc3)CC2)c1=O. The molecule has 0 aliphatic carbocycles. The van der Waals surface area contributed by atoms with Gasteiger partial charge in [-0.25, -0.2) is 4.39 Å². The van der Waals surface area contributed by atoms with Gasteiger partial charge < -0.3 is 24.0 Å². The molecule has 0 radical (unpaired) electrons. The number of aromatic nitrogens is 1. The minimum atomic E-state index is -0.456. The van der Waals surface area contributed by atoms with Crippen molar-refractivity contribution in [1.29, 1.82) is 0 Å². The van der Waals surface area contributed by atoms with Gasteiger partial charge in [-0.05, 0) is 55.0 Å². The number of nitrogens with zero attached hydrogens (tertiary/aromatic N) is 3. The van der Waals surface area contributed by atoms with Crippen molar-refractivity contribution in [3.63, 3.8) is 0 Å². The van der Waals surface area contributed by atoms with Crippen molar-refractivity contribution in [2.45, 2.75) is 19.5 Å². The fraction of sp³-hybridized carbons (Fsp3) is 0.370. The number of hydrogen-bond acceptors (Lipinski definition) is 6. The average Bonchev–Trinajstić information content (AvgIpc) is 2.87. The van der Waals surface area contributed by atoms with Crippen LogP contribution in [0.1, 0.15) is 22.9 Å². The van der Waals surface area contributed by atoms with Gasteiger partial charge in [-0.2, -0.15) is 0 Å². The number of rotatable bonds is 8. The normalized spacial score (nSPS) is 15.3. The lowest BCUT2D eigenvalue weighted by Crippen LogP contribution is -2.49. The Morgan fingerprint density at radius 3 is 2.40 bits per heavy atom.